The molecule has 4 heteroatoms. The second kappa shape index (κ2) is 6.17. The fourth-order valence-electron chi connectivity index (χ4n) is 2.38. The van der Waals surface area contributed by atoms with E-state index in [9.17, 15) is 4.79 Å². The van der Waals surface area contributed by atoms with Gasteiger partial charge in [-0.3, -0.25) is 4.79 Å². The maximum absolute atomic E-state index is 12.3. The van der Waals surface area contributed by atoms with E-state index in [2.05, 4.69) is 35.9 Å². The van der Waals surface area contributed by atoms with Gasteiger partial charge in [-0.05, 0) is 31.4 Å². The summed E-state index contributed by atoms with van der Waals surface area (Å²) in [6.07, 6.45) is 0.921. The van der Waals surface area contributed by atoms with Crippen LogP contribution in [0, 0.1) is 6.92 Å². The molecule has 19 heavy (non-hydrogen) atoms. The molecule has 0 bridgehead atoms. The zero-order valence-electron chi connectivity index (χ0n) is 11.9. The molecule has 1 heterocycles. The highest BCUT2D eigenvalue weighted by Crippen LogP contribution is 2.21. The van der Waals surface area contributed by atoms with E-state index in [0.717, 1.165) is 24.2 Å². The van der Waals surface area contributed by atoms with E-state index >= 15 is 0 Å². The van der Waals surface area contributed by atoms with Crippen LogP contribution < -0.4 is 16.0 Å². The Labute approximate surface area is 115 Å². The third-order valence-corrected chi connectivity index (χ3v) is 3.65. The van der Waals surface area contributed by atoms with Crippen LogP contribution in [0.1, 0.15) is 25.0 Å². The van der Waals surface area contributed by atoms with E-state index in [-0.39, 0.29) is 11.9 Å². The summed E-state index contributed by atoms with van der Waals surface area (Å²) >= 11 is 0. The molecule has 1 aliphatic heterocycles. The fraction of sp³-hybridized carbons (Fsp3) is 0.533. The third kappa shape index (κ3) is 3.33. The van der Waals surface area contributed by atoms with Crippen LogP contribution in [0.25, 0.3) is 0 Å². The van der Waals surface area contributed by atoms with E-state index in [0.29, 0.717) is 12.6 Å². The summed E-state index contributed by atoms with van der Waals surface area (Å²) in [6.45, 7) is 7.75. The third-order valence-electron chi connectivity index (χ3n) is 3.65. The number of anilines is 1. The smallest absolute Gasteiger partial charge is 0.242 e. The fourth-order valence-corrected chi connectivity index (χ4v) is 2.38. The van der Waals surface area contributed by atoms with Gasteiger partial charge in [0.15, 0.2) is 0 Å². The van der Waals surface area contributed by atoms with Gasteiger partial charge < -0.3 is 16.0 Å². The van der Waals surface area contributed by atoms with Gasteiger partial charge in [0.1, 0.15) is 0 Å². The van der Waals surface area contributed by atoms with E-state index in [4.69, 9.17) is 0 Å². The Hall–Kier alpha value is -1.39. The number of aryl methyl sites for hydroxylation is 2. The number of rotatable bonds is 3. The first-order valence-corrected chi connectivity index (χ1v) is 6.98. The first kappa shape index (κ1) is 14.0. The summed E-state index contributed by atoms with van der Waals surface area (Å²) < 4.78 is 0. The lowest BCUT2D eigenvalue weighted by molar-refractivity contribution is -0.118. The number of amides is 1. The molecule has 2 rings (SSSR count). The van der Waals surface area contributed by atoms with E-state index < -0.39 is 0 Å². The van der Waals surface area contributed by atoms with Gasteiger partial charge >= 0.3 is 0 Å². The lowest BCUT2D eigenvalue weighted by atomic mass is 10.0. The molecule has 2 atom stereocenters. The standard InChI is InChI=1S/C15H23N3O/c1-4-12-7-5-6-10(2)14(12)18-15(19)13-9-16-11(3)8-17-13/h5-7,11,13,16-17H,4,8-9H2,1-3H3,(H,18,19). The molecular weight excluding hydrogens is 238 g/mol. The number of hydrogen-bond acceptors (Lipinski definition) is 3. The van der Waals surface area contributed by atoms with Crippen LogP contribution in [0.5, 0.6) is 0 Å². The SMILES string of the molecule is CCc1cccc(C)c1NC(=O)C1CNC(C)CN1. The quantitative estimate of drug-likeness (QED) is 0.772. The summed E-state index contributed by atoms with van der Waals surface area (Å²) in [7, 11) is 0. The minimum atomic E-state index is -0.152. The molecule has 2 unspecified atom stereocenters. The molecule has 0 aliphatic carbocycles. The highest BCUT2D eigenvalue weighted by Gasteiger charge is 2.23. The molecule has 104 valence electrons. The first-order valence-electron chi connectivity index (χ1n) is 6.98. The number of hydrogen-bond donors (Lipinski definition) is 3. The minimum absolute atomic E-state index is 0.0448. The average molecular weight is 261 g/mol. The van der Waals surface area contributed by atoms with Gasteiger partial charge in [-0.25, -0.2) is 0 Å². The van der Waals surface area contributed by atoms with Gasteiger partial charge in [0, 0.05) is 24.8 Å². The number of carbonyl (C=O) groups is 1. The van der Waals surface area contributed by atoms with Crippen LogP contribution in [-0.2, 0) is 11.2 Å². The van der Waals surface area contributed by atoms with Gasteiger partial charge in [-0.1, -0.05) is 25.1 Å². The average Bonchev–Trinajstić information content (AvgIpc) is 2.41. The van der Waals surface area contributed by atoms with Gasteiger partial charge in [0.25, 0.3) is 0 Å². The van der Waals surface area contributed by atoms with Crippen molar-refractivity contribution in [1.29, 1.82) is 0 Å². The van der Waals surface area contributed by atoms with Crippen LogP contribution in [0.3, 0.4) is 0 Å². The van der Waals surface area contributed by atoms with Gasteiger partial charge in [0.2, 0.25) is 5.91 Å². The zero-order chi connectivity index (χ0) is 13.8. The number of nitrogens with one attached hydrogen (secondary N) is 3. The Morgan fingerprint density at radius 2 is 2.16 bits per heavy atom. The lowest BCUT2D eigenvalue weighted by Crippen LogP contribution is -2.57. The molecule has 4 nitrogen and oxygen atoms in total. The molecule has 1 amide bonds. The Balaban J connectivity index is 2.06. The lowest BCUT2D eigenvalue weighted by Gasteiger charge is -2.28. The van der Waals surface area contributed by atoms with Crippen molar-refractivity contribution in [2.45, 2.75) is 39.3 Å². The Bertz CT molecular complexity index is 451. The van der Waals surface area contributed by atoms with Crippen molar-refractivity contribution in [2.75, 3.05) is 18.4 Å². The molecule has 1 aromatic carbocycles. The predicted molar refractivity (Wildman–Crippen MR) is 78.4 cm³/mol. The summed E-state index contributed by atoms with van der Waals surface area (Å²) in [5.41, 5.74) is 3.27. The van der Waals surface area contributed by atoms with Crippen LogP contribution in [0.15, 0.2) is 18.2 Å². The number of para-hydroxylation sites is 1. The van der Waals surface area contributed by atoms with E-state index in [1.807, 2.05) is 19.1 Å². The first-order chi connectivity index (χ1) is 9.11. The predicted octanol–water partition coefficient (Wildman–Crippen LogP) is 1.45. The second-order valence-electron chi connectivity index (χ2n) is 5.22. The molecule has 1 fully saturated rings. The summed E-state index contributed by atoms with van der Waals surface area (Å²) in [6, 6.07) is 6.40. The molecule has 0 saturated carbocycles. The van der Waals surface area contributed by atoms with Gasteiger partial charge in [-0.2, -0.15) is 0 Å². The van der Waals surface area contributed by atoms with E-state index in [1.54, 1.807) is 0 Å². The molecule has 1 aliphatic rings. The normalized spacial score (nSPS) is 23.1. The highest BCUT2D eigenvalue weighted by atomic mass is 16.2. The Kier molecular flexibility index (Phi) is 4.56. The minimum Gasteiger partial charge on any atom is -0.324 e. The van der Waals surface area contributed by atoms with Crippen molar-refractivity contribution in [2.24, 2.45) is 0 Å². The molecule has 1 aromatic rings. The second-order valence-corrected chi connectivity index (χ2v) is 5.22. The summed E-state index contributed by atoms with van der Waals surface area (Å²) in [4.78, 5) is 12.3. The summed E-state index contributed by atoms with van der Waals surface area (Å²) in [5, 5.41) is 9.66. The van der Waals surface area contributed by atoms with Crippen LogP contribution in [-0.4, -0.2) is 31.1 Å². The number of carbonyl (C=O) groups excluding carboxylic acids is 1. The maximum Gasteiger partial charge on any atom is 0.242 e. The summed E-state index contributed by atoms with van der Waals surface area (Å²) in [5.74, 6) is 0.0448. The largest absolute Gasteiger partial charge is 0.324 e. The Morgan fingerprint density at radius 3 is 2.79 bits per heavy atom. The zero-order valence-corrected chi connectivity index (χ0v) is 11.9. The van der Waals surface area contributed by atoms with Crippen molar-refractivity contribution < 1.29 is 4.79 Å². The van der Waals surface area contributed by atoms with Crippen molar-refractivity contribution >= 4 is 11.6 Å². The molecule has 0 spiro atoms. The monoisotopic (exact) mass is 261 g/mol. The van der Waals surface area contributed by atoms with Crippen molar-refractivity contribution in [1.82, 2.24) is 10.6 Å². The highest BCUT2D eigenvalue weighted by molar-refractivity contribution is 5.96. The van der Waals surface area contributed by atoms with E-state index in [1.165, 1.54) is 5.56 Å². The van der Waals surface area contributed by atoms with Gasteiger partial charge in [-0.15, -0.1) is 0 Å². The molecule has 0 radical (unpaired) electrons. The van der Waals surface area contributed by atoms with Crippen LogP contribution >= 0.6 is 0 Å². The Morgan fingerprint density at radius 1 is 1.37 bits per heavy atom. The maximum atomic E-state index is 12.3. The molecular formula is C15H23N3O. The van der Waals surface area contributed by atoms with Crippen molar-refractivity contribution in [3.63, 3.8) is 0 Å². The molecule has 3 N–H and O–H groups in total. The number of piperazine rings is 1. The van der Waals surface area contributed by atoms with Crippen molar-refractivity contribution in [3.8, 4) is 0 Å². The van der Waals surface area contributed by atoms with Crippen molar-refractivity contribution in [3.05, 3.63) is 29.3 Å². The van der Waals surface area contributed by atoms with Crippen LogP contribution in [0.4, 0.5) is 5.69 Å². The molecule has 1 saturated heterocycles. The van der Waals surface area contributed by atoms with Crippen LogP contribution in [0.2, 0.25) is 0 Å². The van der Waals surface area contributed by atoms with Gasteiger partial charge in [0.05, 0.1) is 6.04 Å². The number of benzene rings is 1. The molecule has 0 aromatic heterocycles. The topological polar surface area (TPSA) is 53.2 Å².